The molecule has 0 radical (unpaired) electrons. The summed E-state index contributed by atoms with van der Waals surface area (Å²) in [6.45, 7) is 3.88. The molecular formula is C19H24ClNO3S. The predicted molar refractivity (Wildman–Crippen MR) is 101 cm³/mol. The molecule has 0 saturated heterocycles. The first-order valence-electron chi connectivity index (χ1n) is 8.27. The lowest BCUT2D eigenvalue weighted by Crippen LogP contribution is -2.42. The van der Waals surface area contributed by atoms with Crippen molar-refractivity contribution in [2.45, 2.75) is 37.1 Å². The van der Waals surface area contributed by atoms with E-state index in [0.717, 1.165) is 12.0 Å². The number of hydrogen-bond donors (Lipinski definition) is 2. The maximum atomic E-state index is 12.7. The number of rotatable bonds is 8. The molecule has 0 aromatic heterocycles. The van der Waals surface area contributed by atoms with E-state index in [1.54, 1.807) is 0 Å². The largest absolute Gasteiger partial charge is 0.395 e. The minimum atomic E-state index is -3.75. The lowest BCUT2D eigenvalue weighted by atomic mass is 9.85. The lowest BCUT2D eigenvalue weighted by Gasteiger charge is -2.28. The number of sulfonamides is 1. The van der Waals surface area contributed by atoms with Crippen molar-refractivity contribution >= 4 is 21.6 Å². The summed E-state index contributed by atoms with van der Waals surface area (Å²) in [5, 5.41) is 10.3. The number of benzene rings is 2. The highest BCUT2D eigenvalue weighted by atomic mass is 35.5. The minimum absolute atomic E-state index is 0.117. The van der Waals surface area contributed by atoms with Gasteiger partial charge >= 0.3 is 0 Å². The van der Waals surface area contributed by atoms with Crippen LogP contribution >= 0.6 is 11.6 Å². The van der Waals surface area contributed by atoms with Crippen molar-refractivity contribution in [2.24, 2.45) is 5.92 Å². The molecule has 0 saturated carbocycles. The van der Waals surface area contributed by atoms with Gasteiger partial charge in [0.15, 0.2) is 0 Å². The molecule has 2 aromatic rings. The molecule has 2 atom stereocenters. The highest BCUT2D eigenvalue weighted by Crippen LogP contribution is 2.28. The van der Waals surface area contributed by atoms with E-state index < -0.39 is 16.1 Å². The van der Waals surface area contributed by atoms with Gasteiger partial charge in [0.2, 0.25) is 10.0 Å². The standard InChI is InChI=1S/C19H24ClNO3S/c1-14(2)12-18(15-6-4-3-5-7-15)19(13-22)21-25(23,24)17-10-8-16(20)9-11-17/h3-11,14,18-19,21-22H,12-13H2,1-2H3/t18-,19-/m1/s1. The first-order valence-corrected chi connectivity index (χ1v) is 10.1. The zero-order valence-corrected chi connectivity index (χ0v) is 16.0. The molecule has 25 heavy (non-hydrogen) atoms. The van der Waals surface area contributed by atoms with Crippen LogP contribution < -0.4 is 4.72 Å². The van der Waals surface area contributed by atoms with Crippen molar-refractivity contribution in [2.75, 3.05) is 6.61 Å². The second-order valence-electron chi connectivity index (χ2n) is 6.51. The molecule has 0 bridgehead atoms. The molecule has 6 heteroatoms. The molecule has 0 fully saturated rings. The Balaban J connectivity index is 2.30. The minimum Gasteiger partial charge on any atom is -0.395 e. The van der Waals surface area contributed by atoms with Crippen molar-refractivity contribution in [3.05, 3.63) is 65.2 Å². The highest BCUT2D eigenvalue weighted by Gasteiger charge is 2.28. The summed E-state index contributed by atoms with van der Waals surface area (Å²) in [6.07, 6.45) is 0.762. The molecule has 0 spiro atoms. The fourth-order valence-electron chi connectivity index (χ4n) is 2.87. The summed E-state index contributed by atoms with van der Waals surface area (Å²) < 4.78 is 28.0. The van der Waals surface area contributed by atoms with Crippen LogP contribution in [0.5, 0.6) is 0 Å². The van der Waals surface area contributed by atoms with Crippen LogP contribution in [0.25, 0.3) is 0 Å². The summed E-state index contributed by atoms with van der Waals surface area (Å²) in [7, 11) is -3.75. The summed E-state index contributed by atoms with van der Waals surface area (Å²) in [6, 6.07) is 15.1. The SMILES string of the molecule is CC(C)C[C@H](c1ccccc1)[C@@H](CO)NS(=O)(=O)c1ccc(Cl)cc1. The van der Waals surface area contributed by atoms with Gasteiger partial charge in [-0.2, -0.15) is 0 Å². The third-order valence-electron chi connectivity index (χ3n) is 4.07. The number of hydrogen-bond acceptors (Lipinski definition) is 3. The Morgan fingerprint density at radius 3 is 2.16 bits per heavy atom. The van der Waals surface area contributed by atoms with E-state index in [0.29, 0.717) is 10.9 Å². The third kappa shape index (κ3) is 5.54. The lowest BCUT2D eigenvalue weighted by molar-refractivity contribution is 0.229. The smallest absolute Gasteiger partial charge is 0.240 e. The normalized spacial score (nSPS) is 14.4. The van der Waals surface area contributed by atoms with Gasteiger partial charge in [-0.3, -0.25) is 0 Å². The fraction of sp³-hybridized carbons (Fsp3) is 0.368. The molecule has 2 rings (SSSR count). The molecule has 2 N–H and O–H groups in total. The quantitative estimate of drug-likeness (QED) is 0.730. The van der Waals surface area contributed by atoms with Crippen LogP contribution in [0.15, 0.2) is 59.5 Å². The molecule has 0 aliphatic rings. The van der Waals surface area contributed by atoms with Crippen LogP contribution in [0.2, 0.25) is 5.02 Å². The monoisotopic (exact) mass is 381 g/mol. The van der Waals surface area contributed by atoms with Gasteiger partial charge in [-0.05, 0) is 42.2 Å². The summed E-state index contributed by atoms with van der Waals surface area (Å²) >= 11 is 5.83. The molecular weight excluding hydrogens is 358 g/mol. The second-order valence-corrected chi connectivity index (χ2v) is 8.66. The molecule has 4 nitrogen and oxygen atoms in total. The second kappa shape index (κ2) is 8.81. The maximum absolute atomic E-state index is 12.7. The fourth-order valence-corrected chi connectivity index (χ4v) is 4.26. The Labute approximate surface area is 154 Å². The molecule has 0 aliphatic carbocycles. The number of halogens is 1. The van der Waals surface area contributed by atoms with Gasteiger partial charge in [0.25, 0.3) is 0 Å². The predicted octanol–water partition coefficient (Wildman–Crippen LogP) is 3.81. The first-order chi connectivity index (χ1) is 11.8. The van der Waals surface area contributed by atoms with Gasteiger partial charge in [-0.15, -0.1) is 0 Å². The van der Waals surface area contributed by atoms with E-state index in [4.69, 9.17) is 11.6 Å². The van der Waals surface area contributed by atoms with E-state index in [2.05, 4.69) is 18.6 Å². The van der Waals surface area contributed by atoms with Crippen LogP contribution in [0.4, 0.5) is 0 Å². The van der Waals surface area contributed by atoms with Gasteiger partial charge < -0.3 is 5.11 Å². The highest BCUT2D eigenvalue weighted by molar-refractivity contribution is 7.89. The topological polar surface area (TPSA) is 66.4 Å². The van der Waals surface area contributed by atoms with E-state index in [1.807, 2.05) is 30.3 Å². The number of aliphatic hydroxyl groups excluding tert-OH is 1. The molecule has 0 amide bonds. The van der Waals surface area contributed by atoms with Gasteiger partial charge in [0, 0.05) is 10.9 Å². The molecule has 0 aliphatic heterocycles. The zero-order valence-electron chi connectivity index (χ0n) is 14.4. The Bertz CT molecular complexity index is 761. The molecule has 2 aromatic carbocycles. The third-order valence-corrected chi connectivity index (χ3v) is 5.82. The summed E-state index contributed by atoms with van der Waals surface area (Å²) in [4.78, 5) is 0.131. The Kier molecular flexibility index (Phi) is 7.02. The van der Waals surface area contributed by atoms with Crippen molar-refractivity contribution in [3.8, 4) is 0 Å². The summed E-state index contributed by atoms with van der Waals surface area (Å²) in [5.41, 5.74) is 1.01. The average Bonchev–Trinajstić information content (AvgIpc) is 2.59. The van der Waals surface area contributed by atoms with E-state index in [1.165, 1.54) is 24.3 Å². The van der Waals surface area contributed by atoms with Crippen LogP contribution in [0, 0.1) is 5.92 Å². The van der Waals surface area contributed by atoms with Crippen molar-refractivity contribution in [1.82, 2.24) is 4.72 Å². The molecule has 0 unspecified atom stereocenters. The maximum Gasteiger partial charge on any atom is 0.240 e. The van der Waals surface area contributed by atoms with Gasteiger partial charge in [-0.1, -0.05) is 55.8 Å². The van der Waals surface area contributed by atoms with Gasteiger partial charge in [0.05, 0.1) is 17.5 Å². The van der Waals surface area contributed by atoms with Crippen LogP contribution in [-0.4, -0.2) is 26.2 Å². The van der Waals surface area contributed by atoms with Crippen molar-refractivity contribution in [3.63, 3.8) is 0 Å². The van der Waals surface area contributed by atoms with Crippen molar-refractivity contribution in [1.29, 1.82) is 0 Å². The Morgan fingerprint density at radius 1 is 1.04 bits per heavy atom. The van der Waals surface area contributed by atoms with E-state index >= 15 is 0 Å². The number of aliphatic hydroxyl groups is 1. The Hall–Kier alpha value is -1.40. The van der Waals surface area contributed by atoms with E-state index in [-0.39, 0.29) is 17.4 Å². The zero-order chi connectivity index (χ0) is 18.4. The average molecular weight is 382 g/mol. The Morgan fingerprint density at radius 2 is 1.64 bits per heavy atom. The summed E-state index contributed by atoms with van der Waals surface area (Å²) in [5.74, 6) is 0.243. The molecule has 136 valence electrons. The molecule has 0 heterocycles. The van der Waals surface area contributed by atoms with Crippen LogP contribution in [0.1, 0.15) is 31.7 Å². The van der Waals surface area contributed by atoms with E-state index in [9.17, 15) is 13.5 Å². The number of nitrogens with one attached hydrogen (secondary N) is 1. The first kappa shape index (κ1) is 19.9. The van der Waals surface area contributed by atoms with Gasteiger partial charge in [-0.25, -0.2) is 13.1 Å². The van der Waals surface area contributed by atoms with Crippen LogP contribution in [0.3, 0.4) is 0 Å². The van der Waals surface area contributed by atoms with Crippen molar-refractivity contribution < 1.29 is 13.5 Å². The van der Waals surface area contributed by atoms with Crippen LogP contribution in [-0.2, 0) is 10.0 Å². The van der Waals surface area contributed by atoms with Gasteiger partial charge in [0.1, 0.15) is 0 Å².